The van der Waals surface area contributed by atoms with Crippen LogP contribution in [0.5, 0.6) is 5.75 Å². The summed E-state index contributed by atoms with van der Waals surface area (Å²) in [5.74, 6) is 0.374. The number of hydrogen-bond donors (Lipinski definition) is 1. The minimum absolute atomic E-state index is 0.374. The van der Waals surface area contributed by atoms with Gasteiger partial charge >= 0.3 is 0 Å². The number of phenols is 1. The highest BCUT2D eigenvalue weighted by atomic mass is 16.3. The van der Waals surface area contributed by atoms with Crippen LogP contribution >= 0.6 is 0 Å². The molecule has 1 aromatic rings. The van der Waals surface area contributed by atoms with Gasteiger partial charge in [-0.25, -0.2) is 0 Å². The maximum absolute atomic E-state index is 9.16. The Morgan fingerprint density at radius 1 is 1.31 bits per heavy atom. The van der Waals surface area contributed by atoms with Crippen LogP contribution in [-0.2, 0) is 6.42 Å². The summed E-state index contributed by atoms with van der Waals surface area (Å²) in [5.41, 5.74) is 2.51. The van der Waals surface area contributed by atoms with Gasteiger partial charge in [-0.3, -0.25) is 0 Å². The van der Waals surface area contributed by atoms with E-state index in [1.54, 1.807) is 6.07 Å². The van der Waals surface area contributed by atoms with E-state index in [4.69, 9.17) is 5.11 Å². The summed E-state index contributed by atoms with van der Waals surface area (Å²) in [6.07, 6.45) is 1.06. The summed E-state index contributed by atoms with van der Waals surface area (Å²) in [5, 5.41) is 9.16. The molecule has 0 atom stereocenters. The van der Waals surface area contributed by atoms with Gasteiger partial charge in [-0.2, -0.15) is 0 Å². The number of fused-ring (bicyclic) bond motifs is 1. The van der Waals surface area contributed by atoms with Gasteiger partial charge in [0.2, 0.25) is 0 Å². The number of nitrogens with zero attached hydrogens (tertiary/aromatic N) is 1. The van der Waals surface area contributed by atoms with Crippen molar-refractivity contribution >= 4 is 5.69 Å². The highest BCUT2D eigenvalue weighted by Gasteiger charge is 2.14. The number of aromatic hydroxyl groups is 1. The zero-order chi connectivity index (χ0) is 9.84. The van der Waals surface area contributed by atoms with Crippen molar-refractivity contribution in [1.29, 1.82) is 0 Å². The van der Waals surface area contributed by atoms with E-state index in [2.05, 4.69) is 11.9 Å². The molecule has 0 saturated carbocycles. The zero-order valence-electron chi connectivity index (χ0n) is 8.54. The lowest BCUT2D eigenvalue weighted by atomic mass is 10.1. The Balaban J connectivity index is 0.000000396. The van der Waals surface area contributed by atoms with Gasteiger partial charge in [0.1, 0.15) is 5.75 Å². The van der Waals surface area contributed by atoms with E-state index in [9.17, 15) is 0 Å². The lowest BCUT2D eigenvalue weighted by Gasteiger charge is -2.10. The molecule has 0 saturated heterocycles. The minimum Gasteiger partial charge on any atom is -0.508 e. The number of anilines is 1. The fourth-order valence-electron chi connectivity index (χ4n) is 1.55. The van der Waals surface area contributed by atoms with Crippen LogP contribution in [-0.4, -0.2) is 18.7 Å². The fraction of sp³-hybridized carbons (Fsp3) is 0.455. The molecule has 2 rings (SSSR count). The van der Waals surface area contributed by atoms with Crippen molar-refractivity contribution in [1.82, 2.24) is 0 Å². The van der Waals surface area contributed by atoms with Crippen molar-refractivity contribution in [2.45, 2.75) is 20.3 Å². The quantitative estimate of drug-likeness (QED) is 0.661. The maximum Gasteiger partial charge on any atom is 0.116 e. The summed E-state index contributed by atoms with van der Waals surface area (Å²) in [6, 6.07) is 5.55. The normalized spacial score (nSPS) is 13.3. The third-order valence-corrected chi connectivity index (χ3v) is 2.19. The van der Waals surface area contributed by atoms with Gasteiger partial charge in [0.25, 0.3) is 0 Å². The third kappa shape index (κ3) is 1.94. The highest BCUT2D eigenvalue weighted by molar-refractivity contribution is 5.59. The predicted molar refractivity (Wildman–Crippen MR) is 56.4 cm³/mol. The average Bonchev–Trinajstić information content (AvgIpc) is 2.51. The third-order valence-electron chi connectivity index (χ3n) is 2.19. The van der Waals surface area contributed by atoms with Gasteiger partial charge in [-0.1, -0.05) is 13.8 Å². The summed E-state index contributed by atoms with van der Waals surface area (Å²) >= 11 is 0. The SMILES string of the molecule is CC.CN1CCc2cc(O)ccc21. The van der Waals surface area contributed by atoms with E-state index in [0.29, 0.717) is 5.75 Å². The van der Waals surface area contributed by atoms with Gasteiger partial charge in [0.15, 0.2) is 0 Å². The Morgan fingerprint density at radius 2 is 2.00 bits per heavy atom. The summed E-state index contributed by atoms with van der Waals surface area (Å²) in [4.78, 5) is 2.20. The molecule has 0 unspecified atom stereocenters. The molecule has 0 amide bonds. The average molecular weight is 179 g/mol. The van der Waals surface area contributed by atoms with E-state index < -0.39 is 0 Å². The second kappa shape index (κ2) is 4.17. The lowest BCUT2D eigenvalue weighted by Crippen LogP contribution is -2.12. The molecule has 13 heavy (non-hydrogen) atoms. The van der Waals surface area contributed by atoms with Gasteiger partial charge in [-0.15, -0.1) is 0 Å². The van der Waals surface area contributed by atoms with Gasteiger partial charge in [-0.05, 0) is 30.2 Å². The van der Waals surface area contributed by atoms with Crippen LogP contribution < -0.4 is 4.90 Å². The molecular weight excluding hydrogens is 162 g/mol. The van der Waals surface area contributed by atoms with Gasteiger partial charge in [0, 0.05) is 19.3 Å². The Labute approximate surface area is 79.8 Å². The number of likely N-dealkylation sites (N-methyl/N-ethyl adjacent to an activating group) is 1. The predicted octanol–water partition coefficient (Wildman–Crippen LogP) is 2.41. The molecule has 1 heterocycles. The molecule has 0 aliphatic carbocycles. The van der Waals surface area contributed by atoms with Crippen molar-refractivity contribution in [2.24, 2.45) is 0 Å². The largest absolute Gasteiger partial charge is 0.508 e. The molecule has 1 aliphatic heterocycles. The first-order valence-corrected chi connectivity index (χ1v) is 4.80. The maximum atomic E-state index is 9.16. The molecule has 72 valence electrons. The van der Waals surface area contributed by atoms with E-state index >= 15 is 0 Å². The molecule has 0 radical (unpaired) electrons. The number of hydrogen-bond acceptors (Lipinski definition) is 2. The molecule has 0 fully saturated rings. The Hall–Kier alpha value is -1.18. The first-order valence-electron chi connectivity index (χ1n) is 4.80. The Morgan fingerprint density at radius 3 is 2.69 bits per heavy atom. The molecule has 2 nitrogen and oxygen atoms in total. The smallest absolute Gasteiger partial charge is 0.116 e. The van der Waals surface area contributed by atoms with Crippen LogP contribution in [0.1, 0.15) is 19.4 Å². The van der Waals surface area contributed by atoms with Crippen LogP contribution in [0.15, 0.2) is 18.2 Å². The van der Waals surface area contributed by atoms with Gasteiger partial charge in [0.05, 0.1) is 0 Å². The van der Waals surface area contributed by atoms with Crippen molar-refractivity contribution in [3.8, 4) is 5.75 Å². The van der Waals surface area contributed by atoms with Crippen LogP contribution in [0.3, 0.4) is 0 Å². The minimum atomic E-state index is 0.374. The van der Waals surface area contributed by atoms with Crippen molar-refractivity contribution in [2.75, 3.05) is 18.5 Å². The molecule has 0 bridgehead atoms. The van der Waals surface area contributed by atoms with Crippen molar-refractivity contribution < 1.29 is 5.11 Å². The molecule has 1 aromatic carbocycles. The van der Waals surface area contributed by atoms with E-state index in [1.165, 1.54) is 11.3 Å². The Kier molecular flexibility index (Phi) is 3.18. The first-order chi connectivity index (χ1) is 6.27. The van der Waals surface area contributed by atoms with Crippen LogP contribution in [0.25, 0.3) is 0 Å². The van der Waals surface area contributed by atoms with E-state index in [0.717, 1.165) is 13.0 Å². The van der Waals surface area contributed by atoms with Crippen molar-refractivity contribution in [3.05, 3.63) is 23.8 Å². The molecule has 1 N–H and O–H groups in total. The van der Waals surface area contributed by atoms with Crippen LogP contribution in [0.2, 0.25) is 0 Å². The molecule has 0 spiro atoms. The Bertz CT molecular complexity index is 283. The second-order valence-electron chi connectivity index (χ2n) is 2.98. The highest BCUT2D eigenvalue weighted by Crippen LogP contribution is 2.29. The monoisotopic (exact) mass is 179 g/mol. The first kappa shape index (κ1) is 9.90. The summed E-state index contributed by atoms with van der Waals surface area (Å²) < 4.78 is 0. The van der Waals surface area contributed by atoms with E-state index in [-0.39, 0.29) is 0 Å². The number of benzene rings is 1. The topological polar surface area (TPSA) is 23.5 Å². The van der Waals surface area contributed by atoms with Crippen molar-refractivity contribution in [3.63, 3.8) is 0 Å². The van der Waals surface area contributed by atoms with Crippen LogP contribution in [0, 0.1) is 0 Å². The summed E-state index contributed by atoms with van der Waals surface area (Å²) in [6.45, 7) is 5.07. The number of phenolic OH excluding ortho intramolecular Hbond substituents is 1. The fourth-order valence-corrected chi connectivity index (χ4v) is 1.55. The molecule has 1 aliphatic rings. The van der Waals surface area contributed by atoms with E-state index in [1.807, 2.05) is 26.0 Å². The lowest BCUT2D eigenvalue weighted by molar-refractivity contribution is 0.475. The standard InChI is InChI=1S/C9H11NO.C2H6/c1-10-5-4-7-6-8(11)2-3-9(7)10;1-2/h2-3,6,11H,4-5H2,1H3;1-2H3. The number of rotatable bonds is 0. The van der Waals surface area contributed by atoms with Gasteiger partial charge < -0.3 is 10.0 Å². The second-order valence-corrected chi connectivity index (χ2v) is 2.98. The zero-order valence-corrected chi connectivity index (χ0v) is 8.54. The summed E-state index contributed by atoms with van der Waals surface area (Å²) in [7, 11) is 2.07. The van der Waals surface area contributed by atoms with Crippen LogP contribution in [0.4, 0.5) is 5.69 Å². The molecule has 0 aromatic heterocycles. The molecule has 2 heteroatoms. The molecular formula is C11H17NO.